The van der Waals surface area contributed by atoms with E-state index in [9.17, 15) is 13.2 Å². The molecule has 130 valence electrons. The van der Waals surface area contributed by atoms with Crippen molar-refractivity contribution >= 4 is 32.2 Å². The van der Waals surface area contributed by atoms with E-state index in [0.717, 1.165) is 0 Å². The second kappa shape index (κ2) is 7.40. The number of hydrogen-bond donors (Lipinski definition) is 1. The number of hydrogen-bond acceptors (Lipinski definition) is 9. The van der Waals surface area contributed by atoms with Crippen LogP contribution in [0.15, 0.2) is 51.5 Å². The molecule has 1 amide bonds. The average Bonchev–Trinajstić information content (AvgIpc) is 3.25. The van der Waals surface area contributed by atoms with Crippen molar-refractivity contribution in [2.45, 2.75) is 11.8 Å². The molecule has 0 spiro atoms. The molecule has 3 aromatic rings. The van der Waals surface area contributed by atoms with Gasteiger partial charge in [0.2, 0.25) is 15.7 Å². The van der Waals surface area contributed by atoms with E-state index < -0.39 is 26.7 Å². The number of amides is 1. The van der Waals surface area contributed by atoms with Gasteiger partial charge in [0.25, 0.3) is 5.89 Å². The van der Waals surface area contributed by atoms with Crippen LogP contribution in [0, 0.1) is 0 Å². The van der Waals surface area contributed by atoms with E-state index in [0.29, 0.717) is 10.9 Å². The first kappa shape index (κ1) is 17.0. The monoisotopic (exact) mass is 380 g/mol. The van der Waals surface area contributed by atoms with Crippen LogP contribution < -0.4 is 10.1 Å². The van der Waals surface area contributed by atoms with E-state index in [2.05, 4.69) is 20.5 Å². The molecule has 2 heterocycles. The van der Waals surface area contributed by atoms with Crippen LogP contribution in [-0.4, -0.2) is 35.3 Å². The molecule has 9 nitrogen and oxygen atoms in total. The highest BCUT2D eigenvalue weighted by molar-refractivity contribution is 7.91. The summed E-state index contributed by atoms with van der Waals surface area (Å²) in [6.45, 7) is -0.0855. The zero-order chi connectivity index (χ0) is 17.7. The molecule has 0 aliphatic carbocycles. The van der Waals surface area contributed by atoms with Crippen molar-refractivity contribution in [1.82, 2.24) is 15.2 Å². The number of para-hydroxylation sites is 1. The highest BCUT2D eigenvalue weighted by atomic mass is 32.2. The predicted octanol–water partition coefficient (Wildman–Crippen LogP) is 1.52. The van der Waals surface area contributed by atoms with Gasteiger partial charge in [-0.3, -0.25) is 4.79 Å². The lowest BCUT2D eigenvalue weighted by Gasteiger charge is -2.02. The molecule has 0 aliphatic rings. The first-order valence-corrected chi connectivity index (χ1v) is 9.48. The van der Waals surface area contributed by atoms with Crippen LogP contribution >= 0.6 is 11.3 Å². The third-order valence-electron chi connectivity index (χ3n) is 2.82. The quantitative estimate of drug-likeness (QED) is 0.654. The summed E-state index contributed by atoms with van der Waals surface area (Å²) in [6.07, 6.45) is 1.49. The zero-order valence-electron chi connectivity index (χ0n) is 12.7. The summed E-state index contributed by atoms with van der Waals surface area (Å²) in [7, 11) is -4.06. The van der Waals surface area contributed by atoms with Crippen molar-refractivity contribution in [3.05, 3.63) is 47.8 Å². The fourth-order valence-electron chi connectivity index (χ4n) is 1.76. The second-order valence-electron chi connectivity index (χ2n) is 4.71. The minimum atomic E-state index is -4.06. The number of ether oxygens (including phenoxy) is 1. The summed E-state index contributed by atoms with van der Waals surface area (Å²) in [5.41, 5.74) is 0. The number of nitrogens with zero attached hydrogens (tertiary/aromatic N) is 3. The van der Waals surface area contributed by atoms with Gasteiger partial charge in [0.15, 0.2) is 11.7 Å². The highest BCUT2D eigenvalue weighted by Crippen LogP contribution is 2.15. The Kier molecular flexibility index (Phi) is 5.05. The molecule has 0 radical (unpaired) electrons. The maximum Gasteiger partial charge on any atom is 0.336 e. The lowest BCUT2D eigenvalue weighted by atomic mass is 10.3. The Labute approximate surface area is 146 Å². The number of rotatable bonds is 7. The minimum Gasteiger partial charge on any atom is -0.484 e. The third-order valence-corrected chi connectivity index (χ3v) is 4.85. The summed E-state index contributed by atoms with van der Waals surface area (Å²) < 4.78 is 34.8. The number of anilines is 1. The zero-order valence-corrected chi connectivity index (χ0v) is 14.3. The van der Waals surface area contributed by atoms with E-state index in [1.165, 1.54) is 17.5 Å². The van der Waals surface area contributed by atoms with Crippen molar-refractivity contribution in [1.29, 1.82) is 0 Å². The van der Waals surface area contributed by atoms with Gasteiger partial charge in [-0.05, 0) is 12.1 Å². The van der Waals surface area contributed by atoms with Gasteiger partial charge in [-0.25, -0.2) is 13.4 Å². The Morgan fingerprint density at radius 3 is 2.76 bits per heavy atom. The smallest absolute Gasteiger partial charge is 0.336 e. The molecule has 0 atom stereocenters. The van der Waals surface area contributed by atoms with E-state index in [-0.39, 0.29) is 12.5 Å². The highest BCUT2D eigenvalue weighted by Gasteiger charge is 2.26. The normalized spacial score (nSPS) is 11.2. The summed E-state index contributed by atoms with van der Waals surface area (Å²) in [5, 5.41) is 10.8. The van der Waals surface area contributed by atoms with E-state index in [4.69, 9.17) is 9.15 Å². The van der Waals surface area contributed by atoms with Gasteiger partial charge in [-0.15, -0.1) is 16.4 Å². The average molecular weight is 380 g/mol. The molecule has 1 N–H and O–H groups in total. The van der Waals surface area contributed by atoms with Gasteiger partial charge < -0.3 is 14.5 Å². The predicted molar refractivity (Wildman–Crippen MR) is 87.9 cm³/mol. The van der Waals surface area contributed by atoms with Crippen molar-refractivity contribution in [3.63, 3.8) is 0 Å². The van der Waals surface area contributed by atoms with E-state index >= 15 is 0 Å². The van der Waals surface area contributed by atoms with E-state index in [1.54, 1.807) is 29.6 Å². The molecule has 3 rings (SSSR count). The van der Waals surface area contributed by atoms with Crippen molar-refractivity contribution in [3.8, 4) is 5.75 Å². The lowest BCUT2D eigenvalue weighted by molar-refractivity contribution is -0.113. The molecule has 0 saturated carbocycles. The van der Waals surface area contributed by atoms with Crippen LogP contribution in [0.1, 0.15) is 5.89 Å². The van der Waals surface area contributed by atoms with Gasteiger partial charge in [-0.1, -0.05) is 23.3 Å². The van der Waals surface area contributed by atoms with Crippen molar-refractivity contribution in [2.75, 3.05) is 11.1 Å². The molecule has 0 fully saturated rings. The standard InChI is InChI=1S/C14H12N4O5S2/c19-11(16-13-15-6-7-24-13)9-25(20,21)14-18-17-12(23-14)8-22-10-4-2-1-3-5-10/h1-7H,8-9H2,(H,15,16,19). The first-order chi connectivity index (χ1) is 12.0. The number of benzene rings is 1. The molecule has 0 saturated heterocycles. The molecule has 2 aromatic heterocycles. The molecule has 25 heavy (non-hydrogen) atoms. The Hall–Kier alpha value is -2.79. The molecule has 0 bridgehead atoms. The number of carbonyl (C=O) groups excluding carboxylic acids is 1. The number of carbonyl (C=O) groups is 1. The number of nitrogens with one attached hydrogen (secondary N) is 1. The summed E-state index contributed by atoms with van der Waals surface area (Å²) >= 11 is 1.18. The Morgan fingerprint density at radius 2 is 2.04 bits per heavy atom. The van der Waals surface area contributed by atoms with Crippen LogP contribution in [0.2, 0.25) is 0 Å². The topological polar surface area (TPSA) is 124 Å². The van der Waals surface area contributed by atoms with Crippen LogP contribution in [0.5, 0.6) is 5.75 Å². The lowest BCUT2D eigenvalue weighted by Crippen LogP contribution is -2.23. The van der Waals surface area contributed by atoms with Gasteiger partial charge in [0.1, 0.15) is 11.5 Å². The first-order valence-electron chi connectivity index (χ1n) is 6.95. The molecule has 0 unspecified atom stereocenters. The third kappa shape index (κ3) is 4.61. The van der Waals surface area contributed by atoms with Gasteiger partial charge in [-0.2, -0.15) is 0 Å². The second-order valence-corrected chi connectivity index (χ2v) is 7.47. The molecule has 0 aliphatic heterocycles. The Bertz CT molecular complexity index is 939. The number of aromatic nitrogens is 3. The van der Waals surface area contributed by atoms with Crippen LogP contribution in [0.25, 0.3) is 0 Å². The van der Waals surface area contributed by atoms with Gasteiger partial charge in [0, 0.05) is 11.6 Å². The summed E-state index contributed by atoms with van der Waals surface area (Å²) in [4.78, 5) is 15.6. The fourth-order valence-corrected chi connectivity index (χ4v) is 3.23. The number of sulfone groups is 1. The van der Waals surface area contributed by atoms with Crippen LogP contribution in [-0.2, 0) is 21.2 Å². The maximum absolute atomic E-state index is 12.1. The minimum absolute atomic E-state index is 0.0113. The van der Waals surface area contributed by atoms with E-state index in [1.807, 2.05) is 6.07 Å². The Balaban J connectivity index is 1.60. The SMILES string of the molecule is O=C(CS(=O)(=O)c1nnc(COc2ccccc2)o1)Nc1nccs1. The Morgan fingerprint density at radius 1 is 1.24 bits per heavy atom. The van der Waals surface area contributed by atoms with Crippen LogP contribution in [0.4, 0.5) is 5.13 Å². The fraction of sp³-hybridized carbons (Fsp3) is 0.143. The summed E-state index contributed by atoms with van der Waals surface area (Å²) in [5.74, 6) is -1.00. The van der Waals surface area contributed by atoms with Crippen molar-refractivity contribution < 1.29 is 22.4 Å². The molecule has 1 aromatic carbocycles. The molecular weight excluding hydrogens is 368 g/mol. The van der Waals surface area contributed by atoms with Crippen molar-refractivity contribution in [2.24, 2.45) is 0 Å². The largest absolute Gasteiger partial charge is 0.484 e. The van der Waals surface area contributed by atoms with Gasteiger partial charge in [0.05, 0.1) is 0 Å². The summed E-state index contributed by atoms with van der Waals surface area (Å²) in [6, 6.07) is 8.88. The number of thiazole rings is 1. The maximum atomic E-state index is 12.1. The molecule has 11 heteroatoms. The van der Waals surface area contributed by atoms with Crippen LogP contribution in [0.3, 0.4) is 0 Å². The molecular formula is C14H12N4O5S2. The van der Waals surface area contributed by atoms with Gasteiger partial charge >= 0.3 is 5.22 Å².